The van der Waals surface area contributed by atoms with Crippen molar-refractivity contribution in [2.24, 2.45) is 5.92 Å². The summed E-state index contributed by atoms with van der Waals surface area (Å²) in [7, 11) is 0. The number of pyridine rings is 1. The molecule has 0 amide bonds. The lowest BCUT2D eigenvalue weighted by Gasteiger charge is -2.11. The van der Waals surface area contributed by atoms with Crippen LogP contribution in [0.1, 0.15) is 13.3 Å². The third-order valence-electron chi connectivity index (χ3n) is 2.05. The van der Waals surface area contributed by atoms with Crippen LogP contribution in [-0.2, 0) is 0 Å². The van der Waals surface area contributed by atoms with Gasteiger partial charge in [0.05, 0.1) is 6.20 Å². The second-order valence-corrected chi connectivity index (χ2v) is 3.48. The van der Waals surface area contributed by atoms with Gasteiger partial charge in [0.2, 0.25) is 0 Å². The Labute approximate surface area is 87.2 Å². The Bertz CT molecular complexity index is 320. The summed E-state index contributed by atoms with van der Waals surface area (Å²) in [4.78, 5) is 3.59. The van der Waals surface area contributed by atoms with Crippen LogP contribution in [0.2, 0.25) is 0 Å². The number of hydrogen-bond donors (Lipinski definition) is 2. The van der Waals surface area contributed by atoms with Crippen molar-refractivity contribution >= 4 is 5.82 Å². The first kappa shape index (κ1) is 11.8. The zero-order valence-electron chi connectivity index (χ0n) is 8.50. The quantitative estimate of drug-likeness (QED) is 0.788. The number of aliphatic hydroxyl groups is 1. The highest BCUT2D eigenvalue weighted by Gasteiger charge is 2.06. The van der Waals surface area contributed by atoms with Crippen LogP contribution in [0.5, 0.6) is 0 Å². The molecule has 0 spiro atoms. The molecule has 0 aliphatic carbocycles. The van der Waals surface area contributed by atoms with Gasteiger partial charge < -0.3 is 10.4 Å². The van der Waals surface area contributed by atoms with Gasteiger partial charge in [-0.25, -0.2) is 13.8 Å². The lowest BCUT2D eigenvalue weighted by molar-refractivity contribution is 0.265. The SMILES string of the molecule is CC(CCO)CNc1ncc(F)cc1F. The minimum absolute atomic E-state index is 0.0428. The molecule has 0 radical (unpaired) electrons. The monoisotopic (exact) mass is 216 g/mol. The minimum Gasteiger partial charge on any atom is -0.396 e. The van der Waals surface area contributed by atoms with E-state index in [9.17, 15) is 8.78 Å². The predicted molar refractivity (Wildman–Crippen MR) is 53.5 cm³/mol. The van der Waals surface area contributed by atoms with E-state index in [-0.39, 0.29) is 18.3 Å². The maximum atomic E-state index is 13.1. The number of nitrogens with one attached hydrogen (secondary N) is 1. The normalized spacial score (nSPS) is 12.5. The molecule has 0 aliphatic rings. The van der Waals surface area contributed by atoms with Crippen molar-refractivity contribution in [1.29, 1.82) is 0 Å². The van der Waals surface area contributed by atoms with E-state index in [1.165, 1.54) is 0 Å². The molecule has 5 heteroatoms. The number of nitrogens with zero attached hydrogens (tertiary/aromatic N) is 1. The fourth-order valence-corrected chi connectivity index (χ4v) is 1.14. The van der Waals surface area contributed by atoms with Crippen molar-refractivity contribution in [3.05, 3.63) is 23.9 Å². The number of anilines is 1. The molecule has 2 N–H and O–H groups in total. The summed E-state index contributed by atoms with van der Waals surface area (Å²) in [6.07, 6.45) is 1.60. The Morgan fingerprint density at radius 3 is 2.87 bits per heavy atom. The van der Waals surface area contributed by atoms with Crippen molar-refractivity contribution in [3.8, 4) is 0 Å². The number of aromatic nitrogens is 1. The highest BCUT2D eigenvalue weighted by Crippen LogP contribution is 2.12. The maximum Gasteiger partial charge on any atom is 0.168 e. The lowest BCUT2D eigenvalue weighted by atomic mass is 10.1. The van der Waals surface area contributed by atoms with E-state index in [4.69, 9.17) is 5.11 Å². The molecular formula is C10H14F2N2O. The first-order chi connectivity index (χ1) is 7.13. The van der Waals surface area contributed by atoms with E-state index in [2.05, 4.69) is 10.3 Å². The van der Waals surface area contributed by atoms with Crippen LogP contribution < -0.4 is 5.32 Å². The Hall–Kier alpha value is -1.23. The van der Waals surface area contributed by atoms with E-state index >= 15 is 0 Å². The van der Waals surface area contributed by atoms with Gasteiger partial charge in [-0.2, -0.15) is 0 Å². The lowest BCUT2D eigenvalue weighted by Crippen LogP contribution is -2.14. The molecule has 3 nitrogen and oxygen atoms in total. The minimum atomic E-state index is -0.703. The third-order valence-corrected chi connectivity index (χ3v) is 2.05. The zero-order valence-corrected chi connectivity index (χ0v) is 8.50. The van der Waals surface area contributed by atoms with Crippen LogP contribution in [0.25, 0.3) is 0 Å². The molecule has 1 aromatic rings. The molecule has 84 valence electrons. The van der Waals surface area contributed by atoms with Crippen molar-refractivity contribution < 1.29 is 13.9 Å². The van der Waals surface area contributed by atoms with Gasteiger partial charge in [-0.3, -0.25) is 0 Å². The number of rotatable bonds is 5. The van der Waals surface area contributed by atoms with Gasteiger partial charge in [0, 0.05) is 19.2 Å². The van der Waals surface area contributed by atoms with Gasteiger partial charge in [0.15, 0.2) is 11.6 Å². The Morgan fingerprint density at radius 1 is 1.53 bits per heavy atom. The van der Waals surface area contributed by atoms with Crippen LogP contribution in [0.4, 0.5) is 14.6 Å². The van der Waals surface area contributed by atoms with Crippen LogP contribution in [0.15, 0.2) is 12.3 Å². The molecule has 15 heavy (non-hydrogen) atoms. The van der Waals surface area contributed by atoms with E-state index in [1.54, 1.807) is 0 Å². The van der Waals surface area contributed by atoms with Crippen molar-refractivity contribution in [3.63, 3.8) is 0 Å². The molecule has 1 atom stereocenters. The van der Waals surface area contributed by atoms with Gasteiger partial charge in [-0.15, -0.1) is 0 Å². The molecule has 1 aromatic heterocycles. The van der Waals surface area contributed by atoms with E-state index < -0.39 is 11.6 Å². The smallest absolute Gasteiger partial charge is 0.168 e. The average molecular weight is 216 g/mol. The molecule has 1 rings (SSSR count). The molecule has 0 saturated carbocycles. The fraction of sp³-hybridized carbons (Fsp3) is 0.500. The summed E-state index contributed by atoms with van der Waals surface area (Å²) < 4.78 is 25.6. The van der Waals surface area contributed by atoms with Crippen molar-refractivity contribution in [2.45, 2.75) is 13.3 Å². The molecule has 1 heterocycles. The summed E-state index contributed by atoms with van der Waals surface area (Å²) in [6, 6.07) is 0.784. The van der Waals surface area contributed by atoms with Crippen LogP contribution >= 0.6 is 0 Å². The number of aliphatic hydroxyl groups excluding tert-OH is 1. The predicted octanol–water partition coefficient (Wildman–Crippen LogP) is 1.79. The summed E-state index contributed by atoms with van der Waals surface area (Å²) in [6.45, 7) is 2.52. The summed E-state index contributed by atoms with van der Waals surface area (Å²) in [5.74, 6) is -1.14. The molecule has 0 aromatic carbocycles. The van der Waals surface area contributed by atoms with E-state index in [0.29, 0.717) is 13.0 Å². The molecule has 0 aliphatic heterocycles. The first-order valence-electron chi connectivity index (χ1n) is 4.79. The summed E-state index contributed by atoms with van der Waals surface area (Å²) in [5.41, 5.74) is 0. The Kier molecular flexibility index (Phi) is 4.42. The molecular weight excluding hydrogens is 202 g/mol. The topological polar surface area (TPSA) is 45.1 Å². The van der Waals surface area contributed by atoms with Gasteiger partial charge >= 0.3 is 0 Å². The van der Waals surface area contributed by atoms with Gasteiger partial charge in [0.1, 0.15) is 5.82 Å². The van der Waals surface area contributed by atoms with E-state index in [1.807, 2.05) is 6.92 Å². The number of hydrogen-bond acceptors (Lipinski definition) is 3. The fourth-order valence-electron chi connectivity index (χ4n) is 1.14. The third kappa shape index (κ3) is 3.79. The van der Waals surface area contributed by atoms with Gasteiger partial charge in [-0.05, 0) is 12.3 Å². The molecule has 0 bridgehead atoms. The second kappa shape index (κ2) is 5.60. The molecule has 0 fully saturated rings. The van der Waals surface area contributed by atoms with Crippen molar-refractivity contribution in [2.75, 3.05) is 18.5 Å². The standard InChI is InChI=1S/C10H14F2N2O/c1-7(2-3-15)5-13-10-9(12)4-8(11)6-14-10/h4,6-7,15H,2-3,5H2,1H3,(H,13,14). The average Bonchev–Trinajstić information content (AvgIpc) is 2.17. The van der Waals surface area contributed by atoms with Gasteiger partial charge in [-0.1, -0.05) is 6.92 Å². The summed E-state index contributed by atoms with van der Waals surface area (Å²) >= 11 is 0. The Balaban J connectivity index is 2.50. The van der Waals surface area contributed by atoms with Crippen LogP contribution in [0, 0.1) is 17.6 Å². The van der Waals surface area contributed by atoms with E-state index in [0.717, 1.165) is 12.3 Å². The zero-order chi connectivity index (χ0) is 11.3. The highest BCUT2D eigenvalue weighted by atomic mass is 19.1. The first-order valence-corrected chi connectivity index (χ1v) is 4.79. The maximum absolute atomic E-state index is 13.1. The largest absolute Gasteiger partial charge is 0.396 e. The highest BCUT2D eigenvalue weighted by molar-refractivity contribution is 5.35. The molecule has 0 saturated heterocycles. The Morgan fingerprint density at radius 2 is 2.27 bits per heavy atom. The summed E-state index contributed by atoms with van der Waals surface area (Å²) in [5, 5.41) is 11.4. The second-order valence-electron chi connectivity index (χ2n) is 3.48. The number of halogens is 2. The van der Waals surface area contributed by atoms with Gasteiger partial charge in [0.25, 0.3) is 0 Å². The molecule has 1 unspecified atom stereocenters. The van der Waals surface area contributed by atoms with Crippen LogP contribution in [0.3, 0.4) is 0 Å². The van der Waals surface area contributed by atoms with Crippen LogP contribution in [-0.4, -0.2) is 23.2 Å². The van der Waals surface area contributed by atoms with Crippen molar-refractivity contribution in [1.82, 2.24) is 4.98 Å².